The zero-order valence-electron chi connectivity index (χ0n) is 12.0. The van der Waals surface area contributed by atoms with E-state index < -0.39 is 21.8 Å². The Bertz CT molecular complexity index is 784. The third kappa shape index (κ3) is 4.54. The van der Waals surface area contributed by atoms with Gasteiger partial charge >= 0.3 is 5.97 Å². The molecule has 0 aliphatic carbocycles. The molecule has 0 fully saturated rings. The smallest absolute Gasteiger partial charge is 0.304 e. The van der Waals surface area contributed by atoms with Crippen LogP contribution in [0.5, 0.6) is 0 Å². The fourth-order valence-electron chi connectivity index (χ4n) is 1.88. The minimum atomic E-state index is -4.08. The molecule has 0 radical (unpaired) electrons. The van der Waals surface area contributed by atoms with Gasteiger partial charge in [-0.3, -0.25) is 14.8 Å². The van der Waals surface area contributed by atoms with Crippen LogP contribution in [-0.2, 0) is 21.4 Å². The standard InChI is InChI=1S/C14H14FN3O4S/c15-12-6-13(9-17-8-12)23(21,22)18(5-3-14(19)20)10-11-2-1-4-16-7-11/h1-2,4,6-9H,3,5,10H2,(H,19,20). The molecule has 2 rings (SSSR count). The molecule has 0 bridgehead atoms. The SMILES string of the molecule is O=C(O)CCN(Cc1cccnc1)S(=O)(=O)c1cncc(F)c1. The summed E-state index contributed by atoms with van der Waals surface area (Å²) in [4.78, 5) is 17.9. The van der Waals surface area contributed by atoms with Gasteiger partial charge in [-0.2, -0.15) is 4.31 Å². The van der Waals surface area contributed by atoms with Gasteiger partial charge in [0, 0.05) is 31.7 Å². The van der Waals surface area contributed by atoms with Crippen molar-refractivity contribution in [2.24, 2.45) is 0 Å². The van der Waals surface area contributed by atoms with E-state index in [0.29, 0.717) is 5.56 Å². The molecule has 0 unspecified atom stereocenters. The normalized spacial score (nSPS) is 11.6. The van der Waals surface area contributed by atoms with Gasteiger partial charge in [0.25, 0.3) is 0 Å². The van der Waals surface area contributed by atoms with E-state index >= 15 is 0 Å². The average Bonchev–Trinajstić information content (AvgIpc) is 2.52. The van der Waals surface area contributed by atoms with Crippen molar-refractivity contribution in [3.8, 4) is 0 Å². The third-order valence-corrected chi connectivity index (χ3v) is 4.78. The van der Waals surface area contributed by atoms with Crippen molar-refractivity contribution >= 4 is 16.0 Å². The lowest BCUT2D eigenvalue weighted by Crippen LogP contribution is -2.33. The first-order valence-corrected chi connectivity index (χ1v) is 8.05. The minimum Gasteiger partial charge on any atom is -0.481 e. The van der Waals surface area contributed by atoms with Crippen LogP contribution < -0.4 is 0 Å². The van der Waals surface area contributed by atoms with Gasteiger partial charge < -0.3 is 5.11 Å². The van der Waals surface area contributed by atoms with Crippen molar-refractivity contribution in [3.63, 3.8) is 0 Å². The number of hydrogen-bond acceptors (Lipinski definition) is 5. The number of sulfonamides is 1. The molecule has 0 saturated carbocycles. The van der Waals surface area contributed by atoms with E-state index in [4.69, 9.17) is 5.11 Å². The summed E-state index contributed by atoms with van der Waals surface area (Å²) in [7, 11) is -4.08. The average molecular weight is 339 g/mol. The lowest BCUT2D eigenvalue weighted by atomic mass is 10.3. The highest BCUT2D eigenvalue weighted by molar-refractivity contribution is 7.89. The number of carboxylic acid groups (broad SMARTS) is 1. The van der Waals surface area contributed by atoms with Crippen molar-refractivity contribution in [1.29, 1.82) is 0 Å². The van der Waals surface area contributed by atoms with Gasteiger partial charge in [0.15, 0.2) is 0 Å². The predicted molar refractivity (Wildman–Crippen MR) is 78.3 cm³/mol. The van der Waals surface area contributed by atoms with Gasteiger partial charge in [-0.25, -0.2) is 12.8 Å². The van der Waals surface area contributed by atoms with Gasteiger partial charge in [-0.1, -0.05) is 6.07 Å². The van der Waals surface area contributed by atoms with E-state index in [9.17, 15) is 17.6 Å². The Hall–Kier alpha value is -2.39. The number of aliphatic carboxylic acids is 1. The summed E-state index contributed by atoms with van der Waals surface area (Å²) in [5.41, 5.74) is 0.589. The maximum absolute atomic E-state index is 13.3. The first-order chi connectivity index (χ1) is 10.9. The van der Waals surface area contributed by atoms with Crippen molar-refractivity contribution in [3.05, 3.63) is 54.4 Å². The zero-order chi connectivity index (χ0) is 16.9. The maximum atomic E-state index is 13.3. The molecule has 9 heteroatoms. The molecule has 0 spiro atoms. The molecule has 1 N–H and O–H groups in total. The first kappa shape index (κ1) is 17.0. The van der Waals surface area contributed by atoms with Crippen LogP contribution in [0.3, 0.4) is 0 Å². The number of rotatable bonds is 7. The van der Waals surface area contributed by atoms with E-state index in [0.717, 1.165) is 22.8 Å². The van der Waals surface area contributed by atoms with Crippen molar-refractivity contribution in [2.45, 2.75) is 17.9 Å². The third-order valence-electron chi connectivity index (χ3n) is 2.97. The Labute approximate surface area is 132 Å². The quantitative estimate of drug-likeness (QED) is 0.815. The van der Waals surface area contributed by atoms with Gasteiger partial charge in [-0.05, 0) is 17.7 Å². The fraction of sp³-hybridized carbons (Fsp3) is 0.214. The summed E-state index contributed by atoms with van der Waals surface area (Å²) in [6, 6.07) is 4.15. The first-order valence-electron chi connectivity index (χ1n) is 6.61. The predicted octanol–water partition coefficient (Wildman–Crippen LogP) is 1.28. The highest BCUT2D eigenvalue weighted by Gasteiger charge is 2.26. The van der Waals surface area contributed by atoms with Crippen LogP contribution in [0.4, 0.5) is 4.39 Å². The minimum absolute atomic E-state index is 0.0695. The van der Waals surface area contributed by atoms with Crippen LogP contribution in [0, 0.1) is 5.82 Å². The Morgan fingerprint density at radius 1 is 1.26 bits per heavy atom. The molecule has 0 aromatic carbocycles. The van der Waals surface area contributed by atoms with Gasteiger partial charge in [0.1, 0.15) is 10.7 Å². The lowest BCUT2D eigenvalue weighted by Gasteiger charge is -2.21. The zero-order valence-corrected chi connectivity index (χ0v) is 12.8. The highest BCUT2D eigenvalue weighted by atomic mass is 32.2. The number of carboxylic acids is 1. The van der Waals surface area contributed by atoms with Crippen LogP contribution in [0.1, 0.15) is 12.0 Å². The number of halogens is 1. The fourth-order valence-corrected chi connectivity index (χ4v) is 3.29. The van der Waals surface area contributed by atoms with E-state index in [1.807, 2.05) is 0 Å². The van der Waals surface area contributed by atoms with Crippen molar-refractivity contribution < 1.29 is 22.7 Å². The Kier molecular flexibility index (Phi) is 5.35. The van der Waals surface area contributed by atoms with Crippen LogP contribution in [-0.4, -0.2) is 40.3 Å². The maximum Gasteiger partial charge on any atom is 0.304 e. The summed E-state index contributed by atoms with van der Waals surface area (Å²) in [6.07, 6.45) is 4.56. The molecule has 23 heavy (non-hydrogen) atoms. The number of aromatic nitrogens is 2. The van der Waals surface area contributed by atoms with Gasteiger partial charge in [-0.15, -0.1) is 0 Å². The van der Waals surface area contributed by atoms with Gasteiger partial charge in [0.05, 0.1) is 12.6 Å². The monoisotopic (exact) mass is 339 g/mol. The summed E-state index contributed by atoms with van der Waals surface area (Å²) < 4.78 is 39.4. The Balaban J connectivity index is 2.33. The Morgan fingerprint density at radius 3 is 2.65 bits per heavy atom. The number of pyridine rings is 2. The van der Waals surface area contributed by atoms with E-state index in [2.05, 4.69) is 9.97 Å². The molecule has 2 aromatic heterocycles. The van der Waals surface area contributed by atoms with Crippen LogP contribution in [0.25, 0.3) is 0 Å². The highest BCUT2D eigenvalue weighted by Crippen LogP contribution is 2.18. The second-order valence-electron chi connectivity index (χ2n) is 4.68. The molecular weight excluding hydrogens is 325 g/mol. The summed E-state index contributed by atoms with van der Waals surface area (Å²) >= 11 is 0. The molecule has 0 aliphatic rings. The van der Waals surface area contributed by atoms with Crippen molar-refractivity contribution in [2.75, 3.05) is 6.54 Å². The number of nitrogens with zero attached hydrogens (tertiary/aromatic N) is 3. The second-order valence-corrected chi connectivity index (χ2v) is 6.62. The molecular formula is C14H14FN3O4S. The number of carbonyl (C=O) groups is 1. The summed E-state index contributed by atoms with van der Waals surface area (Å²) in [5.74, 6) is -1.92. The molecule has 7 nitrogen and oxygen atoms in total. The van der Waals surface area contributed by atoms with E-state index in [1.54, 1.807) is 12.1 Å². The van der Waals surface area contributed by atoms with Gasteiger partial charge in [0.2, 0.25) is 10.0 Å². The lowest BCUT2D eigenvalue weighted by molar-refractivity contribution is -0.137. The van der Waals surface area contributed by atoms with Crippen molar-refractivity contribution in [1.82, 2.24) is 14.3 Å². The summed E-state index contributed by atoms with van der Waals surface area (Å²) in [6.45, 7) is -0.316. The molecule has 0 saturated heterocycles. The Morgan fingerprint density at radius 2 is 2.04 bits per heavy atom. The molecule has 2 heterocycles. The summed E-state index contributed by atoms with van der Waals surface area (Å²) in [5, 5.41) is 8.80. The largest absolute Gasteiger partial charge is 0.481 e. The molecule has 2 aromatic rings. The van der Waals surface area contributed by atoms with Crippen LogP contribution in [0.15, 0.2) is 47.9 Å². The topological polar surface area (TPSA) is 100 Å². The molecule has 0 atom stereocenters. The number of hydrogen-bond donors (Lipinski definition) is 1. The second kappa shape index (κ2) is 7.25. The van der Waals surface area contributed by atoms with E-state index in [-0.39, 0.29) is 24.4 Å². The van der Waals surface area contributed by atoms with Crippen LogP contribution in [0.2, 0.25) is 0 Å². The molecule has 122 valence electrons. The molecule has 0 amide bonds. The van der Waals surface area contributed by atoms with Crippen LogP contribution >= 0.6 is 0 Å². The van der Waals surface area contributed by atoms with E-state index in [1.165, 1.54) is 12.4 Å². The molecule has 0 aliphatic heterocycles.